The van der Waals surface area contributed by atoms with E-state index < -0.39 is 5.82 Å². The molecule has 0 radical (unpaired) electrons. The molecule has 0 atom stereocenters. The van der Waals surface area contributed by atoms with Crippen molar-refractivity contribution in [2.75, 3.05) is 5.73 Å². The molecule has 0 unspecified atom stereocenters. The summed E-state index contributed by atoms with van der Waals surface area (Å²) in [6.07, 6.45) is 1.40. The Morgan fingerprint density at radius 1 is 1.33 bits per heavy atom. The summed E-state index contributed by atoms with van der Waals surface area (Å²) in [6, 6.07) is 7.73. The van der Waals surface area contributed by atoms with Crippen LogP contribution in [0.4, 0.5) is 10.3 Å². The fourth-order valence-corrected chi connectivity index (χ4v) is 1.79. The van der Waals surface area contributed by atoms with Gasteiger partial charge in [0.15, 0.2) is 0 Å². The highest BCUT2D eigenvalue weighted by Gasteiger charge is 2.07. The smallest absolute Gasteiger partial charge is 0.263 e. The molecule has 106 valence electrons. The van der Waals surface area contributed by atoms with Crippen LogP contribution >= 0.6 is 11.6 Å². The number of benzene rings is 1. The summed E-state index contributed by atoms with van der Waals surface area (Å²) >= 11 is 5.73. The van der Waals surface area contributed by atoms with E-state index in [0.29, 0.717) is 17.1 Å². The number of furan rings is 1. The quantitative estimate of drug-likeness (QED) is 0.748. The Balaban J connectivity index is 1.84. The van der Waals surface area contributed by atoms with Crippen LogP contribution in [0.15, 0.2) is 39.9 Å². The number of tetrazole rings is 1. The van der Waals surface area contributed by atoms with Crippen molar-refractivity contribution in [3.63, 3.8) is 0 Å². The zero-order valence-corrected chi connectivity index (χ0v) is 11.2. The van der Waals surface area contributed by atoms with E-state index in [0.717, 1.165) is 4.79 Å². The third-order valence-corrected chi connectivity index (χ3v) is 2.89. The molecule has 2 N–H and O–H groups in total. The maximum Gasteiger partial charge on any atom is 0.263 e. The molecule has 0 saturated heterocycles. The van der Waals surface area contributed by atoms with E-state index >= 15 is 0 Å². The lowest BCUT2D eigenvalue weighted by atomic mass is 10.2. The number of nitrogen functional groups attached to an aromatic ring is 1. The lowest BCUT2D eigenvalue weighted by molar-refractivity contribution is 0.572. The van der Waals surface area contributed by atoms with Crippen molar-refractivity contribution in [3.05, 3.63) is 46.9 Å². The standard InChI is InChI=1S/C12H8ClFN6O/c13-9-5-7(1-3-10(9)14)11-4-2-8(21-11)6-16-20-12(15)17-18-19-20/h1-6H,(H2,15,17,19). The Kier molecular flexibility index (Phi) is 3.36. The van der Waals surface area contributed by atoms with Crippen LogP contribution in [0.25, 0.3) is 11.3 Å². The fourth-order valence-electron chi connectivity index (χ4n) is 1.61. The van der Waals surface area contributed by atoms with Crippen molar-refractivity contribution in [1.29, 1.82) is 0 Å². The number of anilines is 1. The minimum Gasteiger partial charge on any atom is -0.455 e. The SMILES string of the molecule is Nc1nnnn1N=Cc1ccc(-c2ccc(F)c(Cl)c2)o1. The van der Waals surface area contributed by atoms with Crippen LogP contribution in [0.3, 0.4) is 0 Å². The van der Waals surface area contributed by atoms with E-state index in [9.17, 15) is 4.39 Å². The summed E-state index contributed by atoms with van der Waals surface area (Å²) < 4.78 is 18.7. The zero-order valence-electron chi connectivity index (χ0n) is 10.4. The van der Waals surface area contributed by atoms with Gasteiger partial charge in [0.2, 0.25) is 0 Å². The summed E-state index contributed by atoms with van der Waals surface area (Å²) in [7, 11) is 0. The van der Waals surface area contributed by atoms with Gasteiger partial charge in [-0.1, -0.05) is 21.5 Å². The number of rotatable bonds is 3. The number of halogens is 2. The third-order valence-electron chi connectivity index (χ3n) is 2.60. The molecule has 0 spiro atoms. The van der Waals surface area contributed by atoms with Crippen molar-refractivity contribution < 1.29 is 8.81 Å². The molecule has 3 aromatic rings. The third kappa shape index (κ3) is 2.75. The largest absolute Gasteiger partial charge is 0.455 e. The summed E-state index contributed by atoms with van der Waals surface area (Å²) in [5, 5.41) is 14.3. The first kappa shape index (κ1) is 13.3. The van der Waals surface area contributed by atoms with Crippen LogP contribution in [0.5, 0.6) is 0 Å². The molecule has 0 aliphatic carbocycles. The van der Waals surface area contributed by atoms with Crippen LogP contribution in [0, 0.1) is 5.82 Å². The van der Waals surface area contributed by atoms with Gasteiger partial charge in [-0.25, -0.2) is 4.39 Å². The highest BCUT2D eigenvalue weighted by molar-refractivity contribution is 6.31. The molecule has 7 nitrogen and oxygen atoms in total. The number of nitrogens with two attached hydrogens (primary N) is 1. The monoisotopic (exact) mass is 306 g/mol. The molecule has 3 rings (SSSR count). The van der Waals surface area contributed by atoms with Crippen molar-refractivity contribution in [3.8, 4) is 11.3 Å². The van der Waals surface area contributed by atoms with Gasteiger partial charge in [0.1, 0.15) is 17.3 Å². The predicted octanol–water partition coefficient (Wildman–Crippen LogP) is 2.19. The van der Waals surface area contributed by atoms with Crippen molar-refractivity contribution in [1.82, 2.24) is 20.3 Å². The topological polar surface area (TPSA) is 95.1 Å². The Morgan fingerprint density at radius 3 is 2.90 bits per heavy atom. The van der Waals surface area contributed by atoms with Gasteiger partial charge in [0.05, 0.1) is 11.2 Å². The highest BCUT2D eigenvalue weighted by Crippen LogP contribution is 2.26. The van der Waals surface area contributed by atoms with Gasteiger partial charge in [-0.05, 0) is 40.8 Å². The van der Waals surface area contributed by atoms with Crippen LogP contribution in [-0.4, -0.2) is 26.5 Å². The minimum atomic E-state index is -0.483. The van der Waals surface area contributed by atoms with Gasteiger partial charge in [0, 0.05) is 5.56 Å². The lowest BCUT2D eigenvalue weighted by Gasteiger charge is -1.98. The van der Waals surface area contributed by atoms with Gasteiger partial charge in [-0.2, -0.15) is 5.10 Å². The first-order chi connectivity index (χ1) is 10.1. The number of hydrogen-bond donors (Lipinski definition) is 1. The molecule has 2 heterocycles. The maximum atomic E-state index is 13.1. The minimum absolute atomic E-state index is 0.0283. The molecular formula is C12H8ClFN6O. The first-order valence-electron chi connectivity index (χ1n) is 5.77. The highest BCUT2D eigenvalue weighted by atomic mass is 35.5. The number of aromatic nitrogens is 4. The number of hydrogen-bond acceptors (Lipinski definition) is 6. The van der Waals surface area contributed by atoms with Crippen LogP contribution in [0.2, 0.25) is 5.02 Å². The second kappa shape index (κ2) is 5.33. The summed E-state index contributed by atoms with van der Waals surface area (Å²) in [5.41, 5.74) is 6.12. The van der Waals surface area contributed by atoms with E-state index in [-0.39, 0.29) is 11.0 Å². The first-order valence-corrected chi connectivity index (χ1v) is 6.15. The van der Waals surface area contributed by atoms with E-state index in [4.69, 9.17) is 21.8 Å². The molecule has 2 aromatic heterocycles. The van der Waals surface area contributed by atoms with Crippen molar-refractivity contribution in [2.24, 2.45) is 5.10 Å². The molecule has 0 fully saturated rings. The van der Waals surface area contributed by atoms with Gasteiger partial charge < -0.3 is 10.2 Å². The maximum absolute atomic E-state index is 13.1. The Morgan fingerprint density at radius 2 is 2.19 bits per heavy atom. The Hall–Kier alpha value is -2.74. The van der Waals surface area contributed by atoms with Gasteiger partial charge >= 0.3 is 0 Å². The van der Waals surface area contributed by atoms with Crippen molar-refractivity contribution >= 4 is 23.8 Å². The van der Waals surface area contributed by atoms with Crippen molar-refractivity contribution in [2.45, 2.75) is 0 Å². The molecule has 0 amide bonds. The summed E-state index contributed by atoms with van der Waals surface area (Å²) in [6.45, 7) is 0. The molecule has 0 saturated carbocycles. The van der Waals surface area contributed by atoms with E-state index in [1.165, 1.54) is 18.3 Å². The zero-order chi connectivity index (χ0) is 14.8. The second-order valence-corrected chi connectivity index (χ2v) is 4.41. The van der Waals surface area contributed by atoms with Gasteiger partial charge in [-0.15, -0.1) is 0 Å². The molecular weight excluding hydrogens is 299 g/mol. The Bertz CT molecular complexity index is 812. The fraction of sp³-hybridized carbons (Fsp3) is 0. The van der Waals surface area contributed by atoms with E-state index in [2.05, 4.69) is 20.6 Å². The average molecular weight is 307 g/mol. The average Bonchev–Trinajstić information content (AvgIpc) is 3.09. The van der Waals surface area contributed by atoms with Crippen LogP contribution < -0.4 is 5.73 Å². The summed E-state index contributed by atoms with van der Waals surface area (Å²) in [4.78, 5) is 1.05. The van der Waals surface area contributed by atoms with E-state index in [1.807, 2.05) is 0 Å². The molecule has 0 aliphatic rings. The molecule has 9 heteroatoms. The predicted molar refractivity (Wildman–Crippen MR) is 74.3 cm³/mol. The molecule has 0 bridgehead atoms. The van der Waals surface area contributed by atoms with E-state index in [1.54, 1.807) is 18.2 Å². The molecule has 0 aliphatic heterocycles. The van der Waals surface area contributed by atoms with Gasteiger partial charge in [0.25, 0.3) is 5.95 Å². The van der Waals surface area contributed by atoms with Crippen LogP contribution in [-0.2, 0) is 0 Å². The summed E-state index contributed by atoms with van der Waals surface area (Å²) in [5.74, 6) is 0.564. The normalized spacial score (nSPS) is 11.3. The second-order valence-electron chi connectivity index (χ2n) is 4.00. The lowest BCUT2D eigenvalue weighted by Crippen LogP contribution is -1.99. The Labute approximate surface area is 122 Å². The molecule has 21 heavy (non-hydrogen) atoms. The van der Waals surface area contributed by atoms with Crippen LogP contribution in [0.1, 0.15) is 5.76 Å². The van der Waals surface area contributed by atoms with Gasteiger partial charge in [-0.3, -0.25) is 0 Å². The molecule has 1 aromatic carbocycles. The number of nitrogens with zero attached hydrogens (tertiary/aromatic N) is 5.